The molecule has 4 rings (SSSR count). The van der Waals surface area contributed by atoms with Crippen LogP contribution in [0.2, 0.25) is 0 Å². The zero-order valence-electron chi connectivity index (χ0n) is 13.4. The molecule has 1 aliphatic rings. The third kappa shape index (κ3) is 2.77. The van der Waals surface area contributed by atoms with Gasteiger partial charge in [0.2, 0.25) is 17.5 Å². The highest BCUT2D eigenvalue weighted by molar-refractivity contribution is 5.59. The van der Waals surface area contributed by atoms with E-state index < -0.39 is 0 Å². The van der Waals surface area contributed by atoms with Gasteiger partial charge in [0.25, 0.3) is 0 Å². The number of rotatable bonds is 4. The van der Waals surface area contributed by atoms with Gasteiger partial charge in [0.05, 0.1) is 0 Å². The van der Waals surface area contributed by atoms with E-state index in [4.69, 9.17) is 4.42 Å². The van der Waals surface area contributed by atoms with Crippen LogP contribution in [0.3, 0.4) is 0 Å². The number of nitrogens with one attached hydrogen (secondary N) is 1. The van der Waals surface area contributed by atoms with E-state index >= 15 is 0 Å². The lowest BCUT2D eigenvalue weighted by molar-refractivity contribution is 0.509. The number of oxazole rings is 1. The SMILES string of the molecule is Cc1ccc(Nc2oc([C@H]3C[C@@H]3c3ccccc3)nc2C#N)cc1. The summed E-state index contributed by atoms with van der Waals surface area (Å²) < 4.78 is 5.87. The molecule has 4 nitrogen and oxygen atoms in total. The molecular weight excluding hydrogens is 298 g/mol. The van der Waals surface area contributed by atoms with E-state index in [0.717, 1.165) is 12.1 Å². The van der Waals surface area contributed by atoms with Gasteiger partial charge in [-0.3, -0.25) is 0 Å². The van der Waals surface area contributed by atoms with Gasteiger partial charge in [-0.1, -0.05) is 48.0 Å². The van der Waals surface area contributed by atoms with Gasteiger partial charge in [0.15, 0.2) is 0 Å². The minimum atomic E-state index is 0.257. The molecule has 0 amide bonds. The van der Waals surface area contributed by atoms with E-state index in [1.807, 2.05) is 49.4 Å². The molecule has 0 unspecified atom stereocenters. The van der Waals surface area contributed by atoms with Crippen LogP contribution >= 0.6 is 0 Å². The second-order valence-electron chi connectivity index (χ2n) is 6.19. The second kappa shape index (κ2) is 5.86. The van der Waals surface area contributed by atoms with Crippen LogP contribution in [0.15, 0.2) is 59.0 Å². The summed E-state index contributed by atoms with van der Waals surface area (Å²) in [7, 11) is 0. The third-order valence-electron chi connectivity index (χ3n) is 4.39. The Morgan fingerprint density at radius 1 is 1.08 bits per heavy atom. The number of hydrogen-bond acceptors (Lipinski definition) is 4. The Kier molecular flexibility index (Phi) is 3.55. The summed E-state index contributed by atoms with van der Waals surface area (Å²) in [5, 5.41) is 12.5. The summed E-state index contributed by atoms with van der Waals surface area (Å²) in [5.74, 6) is 1.77. The molecule has 4 heteroatoms. The van der Waals surface area contributed by atoms with Crippen LogP contribution in [0.25, 0.3) is 0 Å². The van der Waals surface area contributed by atoms with Crippen molar-refractivity contribution in [2.75, 3.05) is 5.32 Å². The van der Waals surface area contributed by atoms with Crippen molar-refractivity contribution in [1.29, 1.82) is 5.26 Å². The van der Waals surface area contributed by atoms with Crippen LogP contribution in [0.4, 0.5) is 11.6 Å². The van der Waals surface area contributed by atoms with Crippen LogP contribution in [-0.4, -0.2) is 4.98 Å². The Balaban J connectivity index is 1.55. The summed E-state index contributed by atoms with van der Waals surface area (Å²) in [6.07, 6.45) is 1.01. The largest absolute Gasteiger partial charge is 0.423 e. The lowest BCUT2D eigenvalue weighted by Gasteiger charge is -2.03. The maximum atomic E-state index is 9.33. The maximum Gasteiger partial charge on any atom is 0.236 e. The van der Waals surface area contributed by atoms with E-state index in [2.05, 4.69) is 28.5 Å². The molecule has 1 aromatic heterocycles. The number of benzene rings is 2. The molecule has 1 fully saturated rings. The van der Waals surface area contributed by atoms with Gasteiger partial charge in [-0.25, -0.2) is 4.98 Å². The highest BCUT2D eigenvalue weighted by Gasteiger charge is 2.43. The van der Waals surface area contributed by atoms with Gasteiger partial charge in [0.1, 0.15) is 6.07 Å². The monoisotopic (exact) mass is 315 g/mol. The van der Waals surface area contributed by atoms with Crippen LogP contribution in [0, 0.1) is 18.3 Å². The zero-order valence-corrected chi connectivity index (χ0v) is 13.4. The minimum absolute atomic E-state index is 0.257. The molecular formula is C20H17N3O. The van der Waals surface area contributed by atoms with Crippen LogP contribution in [0.1, 0.15) is 41.0 Å². The van der Waals surface area contributed by atoms with Crippen molar-refractivity contribution in [3.8, 4) is 6.07 Å². The molecule has 0 radical (unpaired) electrons. The maximum absolute atomic E-state index is 9.33. The van der Waals surface area contributed by atoms with Gasteiger partial charge >= 0.3 is 0 Å². The number of hydrogen-bond donors (Lipinski definition) is 1. The molecule has 1 N–H and O–H groups in total. The number of anilines is 2. The fraction of sp³-hybridized carbons (Fsp3) is 0.200. The lowest BCUT2D eigenvalue weighted by atomic mass is 10.1. The zero-order chi connectivity index (χ0) is 16.5. The van der Waals surface area contributed by atoms with Gasteiger partial charge in [-0.2, -0.15) is 5.26 Å². The fourth-order valence-corrected chi connectivity index (χ4v) is 2.96. The molecule has 2 atom stereocenters. The first-order chi connectivity index (χ1) is 11.7. The number of nitriles is 1. The first-order valence-electron chi connectivity index (χ1n) is 8.04. The molecule has 24 heavy (non-hydrogen) atoms. The van der Waals surface area contributed by atoms with Crippen molar-refractivity contribution in [1.82, 2.24) is 4.98 Å². The highest BCUT2D eigenvalue weighted by Crippen LogP contribution is 2.54. The average molecular weight is 315 g/mol. The Morgan fingerprint density at radius 2 is 1.83 bits per heavy atom. The smallest absolute Gasteiger partial charge is 0.236 e. The van der Waals surface area contributed by atoms with E-state index in [0.29, 0.717) is 23.4 Å². The molecule has 1 aliphatic carbocycles. The van der Waals surface area contributed by atoms with Gasteiger partial charge < -0.3 is 9.73 Å². The highest BCUT2D eigenvalue weighted by atomic mass is 16.4. The van der Waals surface area contributed by atoms with Crippen molar-refractivity contribution in [2.24, 2.45) is 0 Å². The first-order valence-corrected chi connectivity index (χ1v) is 8.04. The molecule has 0 bridgehead atoms. The second-order valence-corrected chi connectivity index (χ2v) is 6.19. The molecule has 2 aromatic carbocycles. The molecule has 0 aliphatic heterocycles. The van der Waals surface area contributed by atoms with E-state index in [-0.39, 0.29) is 5.92 Å². The van der Waals surface area contributed by atoms with Crippen LogP contribution in [-0.2, 0) is 0 Å². The number of nitrogens with zero attached hydrogens (tertiary/aromatic N) is 2. The normalized spacial score (nSPS) is 18.8. The molecule has 118 valence electrons. The van der Waals surface area contributed by atoms with Gasteiger partial charge in [-0.05, 0) is 37.0 Å². The van der Waals surface area contributed by atoms with Crippen molar-refractivity contribution in [2.45, 2.75) is 25.2 Å². The molecule has 0 spiro atoms. The summed E-state index contributed by atoms with van der Waals surface area (Å²) in [5.41, 5.74) is 3.68. The molecule has 1 saturated carbocycles. The van der Waals surface area contributed by atoms with Gasteiger partial charge in [-0.15, -0.1) is 0 Å². The van der Waals surface area contributed by atoms with E-state index in [9.17, 15) is 5.26 Å². The molecule has 3 aromatic rings. The number of aromatic nitrogens is 1. The first kappa shape index (κ1) is 14.5. The Labute approximate surface area is 140 Å². The van der Waals surface area contributed by atoms with Crippen LogP contribution < -0.4 is 5.32 Å². The predicted octanol–water partition coefficient (Wildman–Crippen LogP) is 4.87. The Bertz CT molecular complexity index is 891. The average Bonchev–Trinajstić information content (AvgIpc) is 3.32. The van der Waals surface area contributed by atoms with Crippen molar-refractivity contribution in [3.05, 3.63) is 77.3 Å². The quantitative estimate of drug-likeness (QED) is 0.746. The number of aryl methyl sites for hydroxylation is 1. The summed E-state index contributed by atoms with van der Waals surface area (Å²) in [6.45, 7) is 2.04. The standard InChI is InChI=1S/C20H17N3O/c1-13-7-9-15(10-8-13)22-20-18(12-21)23-19(24-20)17-11-16(17)14-5-3-2-4-6-14/h2-10,16-17,22H,11H2,1H3/t16-,17+/m1/s1. The van der Waals surface area contributed by atoms with E-state index in [1.165, 1.54) is 11.1 Å². The Morgan fingerprint density at radius 3 is 2.54 bits per heavy atom. The predicted molar refractivity (Wildman–Crippen MR) is 92.2 cm³/mol. The fourth-order valence-electron chi connectivity index (χ4n) is 2.96. The summed E-state index contributed by atoms with van der Waals surface area (Å²) >= 11 is 0. The van der Waals surface area contributed by atoms with E-state index in [1.54, 1.807) is 0 Å². The molecule has 0 saturated heterocycles. The lowest BCUT2D eigenvalue weighted by Crippen LogP contribution is -1.90. The topological polar surface area (TPSA) is 61.9 Å². The van der Waals surface area contributed by atoms with Crippen LogP contribution in [0.5, 0.6) is 0 Å². The Hall–Kier alpha value is -3.06. The minimum Gasteiger partial charge on any atom is -0.423 e. The van der Waals surface area contributed by atoms with Crippen molar-refractivity contribution < 1.29 is 4.42 Å². The van der Waals surface area contributed by atoms with Crippen molar-refractivity contribution >= 4 is 11.6 Å². The van der Waals surface area contributed by atoms with Gasteiger partial charge in [0, 0.05) is 11.6 Å². The molecule has 1 heterocycles. The third-order valence-corrected chi connectivity index (χ3v) is 4.39. The summed E-state index contributed by atoms with van der Waals surface area (Å²) in [6, 6.07) is 20.4. The van der Waals surface area contributed by atoms with Crippen molar-refractivity contribution in [3.63, 3.8) is 0 Å². The summed E-state index contributed by atoms with van der Waals surface area (Å²) in [4.78, 5) is 4.39.